The summed E-state index contributed by atoms with van der Waals surface area (Å²) in [7, 11) is 2.13. The largest absolute Gasteiger partial charge is 0.373 e. The third-order valence-electron chi connectivity index (χ3n) is 4.16. The van der Waals surface area contributed by atoms with Crippen LogP contribution in [0.15, 0.2) is 22.7 Å². The van der Waals surface area contributed by atoms with Gasteiger partial charge in [-0.2, -0.15) is 0 Å². The Bertz CT molecular complexity index is 489. The molecule has 0 N–H and O–H groups in total. The van der Waals surface area contributed by atoms with Crippen LogP contribution >= 0.6 is 15.9 Å². The molecule has 1 unspecified atom stereocenters. The second kappa shape index (κ2) is 6.72. The zero-order valence-corrected chi connectivity index (χ0v) is 14.1. The molecule has 1 atom stereocenters. The van der Waals surface area contributed by atoms with Gasteiger partial charge in [0.2, 0.25) is 0 Å². The summed E-state index contributed by atoms with van der Waals surface area (Å²) in [5.41, 5.74) is 1.91. The summed E-state index contributed by atoms with van der Waals surface area (Å²) in [5, 5.41) is 0. The average Bonchev–Trinajstić information content (AvgIpc) is 2.85. The lowest BCUT2D eigenvalue weighted by Crippen LogP contribution is -2.38. The number of Topliss-reactive ketones (excluding diaryl/α,β-unsaturated/α-hetero) is 1. The fourth-order valence-electron chi connectivity index (χ4n) is 2.97. The van der Waals surface area contributed by atoms with Crippen molar-refractivity contribution in [3.8, 4) is 0 Å². The zero-order valence-electron chi connectivity index (χ0n) is 12.5. The molecule has 1 aliphatic rings. The molecule has 0 aliphatic carbocycles. The molecule has 1 aromatic rings. The van der Waals surface area contributed by atoms with Gasteiger partial charge in [0.05, 0.1) is 0 Å². The molecule has 1 aromatic carbocycles. The van der Waals surface area contributed by atoms with Gasteiger partial charge >= 0.3 is 0 Å². The van der Waals surface area contributed by atoms with Gasteiger partial charge in [-0.05, 0) is 67.0 Å². The first-order valence-electron chi connectivity index (χ1n) is 7.28. The van der Waals surface area contributed by atoms with Crippen LogP contribution in [0.2, 0.25) is 0 Å². The van der Waals surface area contributed by atoms with E-state index < -0.39 is 0 Å². The predicted octanol–water partition coefficient (Wildman–Crippen LogP) is 3.57. The van der Waals surface area contributed by atoms with E-state index in [2.05, 4.69) is 39.7 Å². The third-order valence-corrected chi connectivity index (χ3v) is 4.82. The summed E-state index contributed by atoms with van der Waals surface area (Å²) in [5.74, 6) is 0.0963. The van der Waals surface area contributed by atoms with Crippen LogP contribution in [0.3, 0.4) is 0 Å². The molecule has 1 aliphatic heterocycles. The minimum atomic E-state index is 0.0963. The van der Waals surface area contributed by atoms with E-state index >= 15 is 0 Å². The molecule has 1 heterocycles. The lowest BCUT2D eigenvalue weighted by molar-refractivity contribution is 0.101. The van der Waals surface area contributed by atoms with E-state index in [4.69, 9.17) is 0 Å². The summed E-state index contributed by atoms with van der Waals surface area (Å²) in [6.07, 6.45) is 2.59. The molecule has 2 rings (SSSR count). The number of benzene rings is 1. The number of carbonyl (C=O) groups is 1. The van der Waals surface area contributed by atoms with Crippen molar-refractivity contribution in [2.75, 3.05) is 31.6 Å². The van der Waals surface area contributed by atoms with Gasteiger partial charge in [0.15, 0.2) is 5.78 Å². The predicted molar refractivity (Wildman–Crippen MR) is 87.7 cm³/mol. The molecule has 20 heavy (non-hydrogen) atoms. The van der Waals surface area contributed by atoms with Crippen molar-refractivity contribution < 1.29 is 4.79 Å². The van der Waals surface area contributed by atoms with E-state index in [0.29, 0.717) is 6.04 Å². The number of ketones is 1. The lowest BCUT2D eigenvalue weighted by Gasteiger charge is -2.29. The van der Waals surface area contributed by atoms with Gasteiger partial charge in [0.25, 0.3) is 0 Å². The van der Waals surface area contributed by atoms with Gasteiger partial charge in [-0.3, -0.25) is 9.69 Å². The molecule has 1 saturated heterocycles. The standard InChI is InChI=1S/C16H23BrN2O/c1-4-19-9-5-6-14(19)11-18(3)13-7-8-15(12(2)20)16(17)10-13/h7-8,10,14H,4-6,9,11H2,1-3H3. The quantitative estimate of drug-likeness (QED) is 0.766. The van der Waals surface area contributed by atoms with E-state index in [-0.39, 0.29) is 5.78 Å². The first-order chi connectivity index (χ1) is 9.52. The van der Waals surface area contributed by atoms with Crippen molar-refractivity contribution in [1.82, 2.24) is 4.90 Å². The molecular formula is C16H23BrN2O. The molecule has 110 valence electrons. The minimum Gasteiger partial charge on any atom is -0.373 e. The SMILES string of the molecule is CCN1CCCC1CN(C)c1ccc(C(C)=O)c(Br)c1. The molecule has 0 bridgehead atoms. The van der Waals surface area contributed by atoms with E-state index in [1.807, 2.05) is 18.2 Å². The van der Waals surface area contributed by atoms with E-state index in [9.17, 15) is 4.79 Å². The van der Waals surface area contributed by atoms with Crippen molar-refractivity contribution in [2.45, 2.75) is 32.7 Å². The van der Waals surface area contributed by atoms with Crippen LogP contribution < -0.4 is 4.90 Å². The molecule has 1 fully saturated rings. The Kier molecular flexibility index (Phi) is 5.22. The Morgan fingerprint density at radius 2 is 2.25 bits per heavy atom. The Labute approximate surface area is 130 Å². The van der Waals surface area contributed by atoms with Crippen molar-refractivity contribution in [2.24, 2.45) is 0 Å². The van der Waals surface area contributed by atoms with Crippen LogP contribution in [0.4, 0.5) is 5.69 Å². The van der Waals surface area contributed by atoms with Gasteiger partial charge < -0.3 is 4.90 Å². The normalized spacial score (nSPS) is 19.3. The first kappa shape index (κ1) is 15.5. The van der Waals surface area contributed by atoms with Gasteiger partial charge in [-0.1, -0.05) is 6.92 Å². The molecule has 3 nitrogen and oxygen atoms in total. The van der Waals surface area contributed by atoms with Gasteiger partial charge in [-0.25, -0.2) is 0 Å². The molecule has 0 radical (unpaired) electrons. The average molecular weight is 339 g/mol. The Morgan fingerprint density at radius 3 is 2.85 bits per heavy atom. The number of carbonyl (C=O) groups excluding carboxylic acids is 1. The summed E-state index contributed by atoms with van der Waals surface area (Å²) < 4.78 is 0.883. The van der Waals surface area contributed by atoms with Crippen LogP contribution in [-0.4, -0.2) is 43.4 Å². The number of likely N-dealkylation sites (tertiary alicyclic amines) is 1. The molecule has 0 saturated carbocycles. The van der Waals surface area contributed by atoms with Crippen molar-refractivity contribution in [3.63, 3.8) is 0 Å². The van der Waals surface area contributed by atoms with E-state index in [1.165, 1.54) is 19.4 Å². The summed E-state index contributed by atoms with van der Waals surface area (Å²) in [6, 6.07) is 6.63. The minimum absolute atomic E-state index is 0.0963. The highest BCUT2D eigenvalue weighted by Crippen LogP contribution is 2.25. The number of anilines is 1. The number of hydrogen-bond acceptors (Lipinski definition) is 3. The molecule has 0 aromatic heterocycles. The van der Waals surface area contributed by atoms with Crippen LogP contribution in [0, 0.1) is 0 Å². The molecular weight excluding hydrogens is 316 g/mol. The fourth-order valence-corrected chi connectivity index (χ4v) is 3.61. The fraction of sp³-hybridized carbons (Fsp3) is 0.562. The highest BCUT2D eigenvalue weighted by Gasteiger charge is 2.24. The number of hydrogen-bond donors (Lipinski definition) is 0. The number of rotatable bonds is 5. The lowest BCUT2D eigenvalue weighted by atomic mass is 10.1. The van der Waals surface area contributed by atoms with Crippen molar-refractivity contribution in [1.29, 1.82) is 0 Å². The molecule has 0 amide bonds. The summed E-state index contributed by atoms with van der Waals surface area (Å²) in [6.45, 7) is 7.23. The second-order valence-corrected chi connectivity index (χ2v) is 6.38. The Balaban J connectivity index is 2.07. The number of nitrogens with zero attached hydrogens (tertiary/aromatic N) is 2. The Hall–Kier alpha value is -0.870. The monoisotopic (exact) mass is 338 g/mol. The highest BCUT2D eigenvalue weighted by atomic mass is 79.9. The van der Waals surface area contributed by atoms with Gasteiger partial charge in [0, 0.05) is 35.4 Å². The highest BCUT2D eigenvalue weighted by molar-refractivity contribution is 9.10. The maximum Gasteiger partial charge on any atom is 0.160 e. The van der Waals surface area contributed by atoms with E-state index in [0.717, 1.165) is 28.8 Å². The van der Waals surface area contributed by atoms with E-state index in [1.54, 1.807) is 6.92 Å². The number of likely N-dealkylation sites (N-methyl/N-ethyl adjacent to an activating group) is 2. The topological polar surface area (TPSA) is 23.6 Å². The van der Waals surface area contributed by atoms with Gasteiger partial charge in [-0.15, -0.1) is 0 Å². The maximum absolute atomic E-state index is 11.5. The molecule has 4 heteroatoms. The first-order valence-corrected chi connectivity index (χ1v) is 8.08. The maximum atomic E-state index is 11.5. The van der Waals surface area contributed by atoms with Crippen molar-refractivity contribution in [3.05, 3.63) is 28.2 Å². The smallest absolute Gasteiger partial charge is 0.160 e. The zero-order chi connectivity index (χ0) is 14.7. The third kappa shape index (κ3) is 3.41. The van der Waals surface area contributed by atoms with Crippen LogP contribution in [0.5, 0.6) is 0 Å². The van der Waals surface area contributed by atoms with Crippen LogP contribution in [0.1, 0.15) is 37.0 Å². The van der Waals surface area contributed by atoms with Crippen LogP contribution in [0.25, 0.3) is 0 Å². The number of halogens is 1. The molecule has 0 spiro atoms. The van der Waals surface area contributed by atoms with Crippen molar-refractivity contribution >= 4 is 27.4 Å². The second-order valence-electron chi connectivity index (χ2n) is 5.53. The summed E-state index contributed by atoms with van der Waals surface area (Å²) >= 11 is 3.50. The van der Waals surface area contributed by atoms with Crippen LogP contribution in [-0.2, 0) is 0 Å². The summed E-state index contributed by atoms with van der Waals surface area (Å²) in [4.78, 5) is 16.3. The van der Waals surface area contributed by atoms with Gasteiger partial charge in [0.1, 0.15) is 0 Å². The Morgan fingerprint density at radius 1 is 1.50 bits per heavy atom.